The topological polar surface area (TPSA) is 42.0 Å². The number of carbonyl (C=O) groups is 1. The van der Waals surface area contributed by atoms with Crippen molar-refractivity contribution in [3.8, 4) is 0 Å². The van der Waals surface area contributed by atoms with Crippen LogP contribution in [0.2, 0.25) is 10.0 Å². The molecule has 24 heavy (non-hydrogen) atoms. The van der Waals surface area contributed by atoms with E-state index in [9.17, 15) is 4.79 Å². The van der Waals surface area contributed by atoms with Gasteiger partial charge in [0.2, 0.25) is 0 Å². The Morgan fingerprint density at radius 3 is 2.71 bits per heavy atom. The van der Waals surface area contributed by atoms with Gasteiger partial charge in [0, 0.05) is 27.7 Å². The molecule has 1 amide bonds. The fourth-order valence-corrected chi connectivity index (χ4v) is 3.13. The minimum Gasteiger partial charge on any atom is -0.352 e. The van der Waals surface area contributed by atoms with Crippen LogP contribution in [-0.2, 0) is 6.42 Å². The smallest absolute Gasteiger partial charge is 0.252 e. The van der Waals surface area contributed by atoms with E-state index < -0.39 is 0 Å². The van der Waals surface area contributed by atoms with Crippen LogP contribution in [-0.4, -0.2) is 17.4 Å². The number of hydrogen-bond acceptors (Lipinski definition) is 2. The van der Waals surface area contributed by atoms with Crippen LogP contribution in [0.1, 0.15) is 21.6 Å². The normalized spacial score (nSPS) is 10.8. The predicted molar refractivity (Wildman–Crippen MR) is 99.0 cm³/mol. The Morgan fingerprint density at radius 2 is 1.92 bits per heavy atom. The fourth-order valence-electron chi connectivity index (χ4n) is 2.63. The summed E-state index contributed by atoms with van der Waals surface area (Å²) in [5.41, 5.74) is 3.24. The molecule has 0 saturated heterocycles. The Bertz CT molecular complexity index is 909. The Morgan fingerprint density at radius 1 is 1.12 bits per heavy atom. The van der Waals surface area contributed by atoms with Crippen LogP contribution in [0, 0.1) is 6.92 Å². The molecule has 0 aliphatic rings. The van der Waals surface area contributed by atoms with E-state index in [0.29, 0.717) is 28.6 Å². The summed E-state index contributed by atoms with van der Waals surface area (Å²) in [7, 11) is 0. The van der Waals surface area contributed by atoms with Gasteiger partial charge < -0.3 is 5.32 Å². The molecule has 0 spiro atoms. The Balaban J connectivity index is 1.74. The number of aryl methyl sites for hydroxylation is 1. The lowest BCUT2D eigenvalue weighted by atomic mass is 10.1. The molecule has 0 unspecified atom stereocenters. The number of amides is 1. The molecule has 1 heterocycles. The van der Waals surface area contributed by atoms with Crippen LogP contribution in [0.3, 0.4) is 0 Å². The van der Waals surface area contributed by atoms with Crippen molar-refractivity contribution in [2.24, 2.45) is 0 Å². The van der Waals surface area contributed by atoms with Crippen molar-refractivity contribution >= 4 is 40.0 Å². The first-order valence-electron chi connectivity index (χ1n) is 7.63. The van der Waals surface area contributed by atoms with Gasteiger partial charge in [0.1, 0.15) is 0 Å². The molecule has 0 atom stereocenters. The second kappa shape index (κ2) is 7.20. The summed E-state index contributed by atoms with van der Waals surface area (Å²) in [6, 6.07) is 14.8. The monoisotopic (exact) mass is 358 g/mol. The Labute approximate surface area is 150 Å². The third kappa shape index (κ3) is 3.69. The zero-order valence-corrected chi connectivity index (χ0v) is 14.7. The number of aromatic nitrogens is 1. The van der Waals surface area contributed by atoms with Gasteiger partial charge in [0.25, 0.3) is 5.91 Å². The van der Waals surface area contributed by atoms with Gasteiger partial charge in [-0.25, -0.2) is 0 Å². The van der Waals surface area contributed by atoms with Crippen molar-refractivity contribution in [1.29, 1.82) is 0 Å². The second-order valence-electron chi connectivity index (χ2n) is 5.57. The highest BCUT2D eigenvalue weighted by Crippen LogP contribution is 2.21. The molecule has 1 N–H and O–H groups in total. The van der Waals surface area contributed by atoms with Gasteiger partial charge >= 0.3 is 0 Å². The Kier molecular flexibility index (Phi) is 5.03. The first-order chi connectivity index (χ1) is 11.5. The maximum Gasteiger partial charge on any atom is 0.252 e. The van der Waals surface area contributed by atoms with Crippen molar-refractivity contribution < 1.29 is 4.79 Å². The summed E-state index contributed by atoms with van der Waals surface area (Å²) in [5.74, 6) is -0.109. The van der Waals surface area contributed by atoms with Crippen LogP contribution in [0.15, 0.2) is 48.5 Å². The van der Waals surface area contributed by atoms with Gasteiger partial charge in [-0.1, -0.05) is 47.5 Å². The number of halogens is 2. The lowest BCUT2D eigenvalue weighted by molar-refractivity contribution is 0.0955. The second-order valence-corrected chi connectivity index (χ2v) is 6.41. The number of para-hydroxylation sites is 1. The lowest BCUT2D eigenvalue weighted by Crippen LogP contribution is -2.26. The maximum absolute atomic E-state index is 12.5. The molecule has 2 aromatic carbocycles. The molecular weight excluding hydrogens is 343 g/mol. The average Bonchev–Trinajstić information content (AvgIpc) is 2.56. The van der Waals surface area contributed by atoms with Gasteiger partial charge in [-0.3, -0.25) is 9.78 Å². The van der Waals surface area contributed by atoms with E-state index in [-0.39, 0.29) is 5.91 Å². The number of fused-ring (bicyclic) bond motifs is 1. The molecular formula is C19H16Cl2N2O. The van der Waals surface area contributed by atoms with E-state index in [1.165, 1.54) is 0 Å². The summed E-state index contributed by atoms with van der Waals surface area (Å²) >= 11 is 12.0. The van der Waals surface area contributed by atoms with Crippen molar-refractivity contribution in [3.63, 3.8) is 0 Å². The number of pyridine rings is 1. The van der Waals surface area contributed by atoms with E-state index in [1.54, 1.807) is 12.1 Å². The first kappa shape index (κ1) is 16.7. The van der Waals surface area contributed by atoms with Crippen LogP contribution < -0.4 is 5.32 Å². The third-order valence-corrected chi connectivity index (χ3v) is 4.37. The summed E-state index contributed by atoms with van der Waals surface area (Å²) < 4.78 is 0. The van der Waals surface area contributed by atoms with Gasteiger partial charge in [0.15, 0.2) is 0 Å². The molecule has 3 aromatic rings. The van der Waals surface area contributed by atoms with Crippen molar-refractivity contribution in [3.05, 3.63) is 75.4 Å². The molecule has 5 heteroatoms. The van der Waals surface area contributed by atoms with Crippen molar-refractivity contribution in [2.75, 3.05) is 6.54 Å². The van der Waals surface area contributed by atoms with Gasteiger partial charge in [-0.05, 0) is 43.2 Å². The Hall–Kier alpha value is -2.10. The van der Waals surface area contributed by atoms with E-state index in [1.807, 2.05) is 43.3 Å². The van der Waals surface area contributed by atoms with Crippen molar-refractivity contribution in [1.82, 2.24) is 10.3 Å². The quantitative estimate of drug-likeness (QED) is 0.726. The highest BCUT2D eigenvalue weighted by atomic mass is 35.5. The molecule has 0 bridgehead atoms. The molecule has 3 nitrogen and oxygen atoms in total. The predicted octanol–water partition coefficient (Wildman–Crippen LogP) is 4.82. The van der Waals surface area contributed by atoms with Crippen LogP contribution in [0.25, 0.3) is 10.9 Å². The number of benzene rings is 2. The molecule has 0 saturated carbocycles. The largest absolute Gasteiger partial charge is 0.352 e. The standard InChI is InChI=1S/C19H16Cl2N2O/c1-12-10-16(15-4-2-3-5-18(15)23-12)19(24)22-9-8-13-6-7-14(20)11-17(13)21/h2-7,10-11H,8-9H2,1H3,(H,22,24). The lowest BCUT2D eigenvalue weighted by Gasteiger charge is -2.10. The average molecular weight is 359 g/mol. The molecule has 3 rings (SSSR count). The number of rotatable bonds is 4. The van der Waals surface area contributed by atoms with Crippen LogP contribution in [0.5, 0.6) is 0 Å². The van der Waals surface area contributed by atoms with Gasteiger partial charge in [-0.15, -0.1) is 0 Å². The van der Waals surface area contributed by atoms with Gasteiger partial charge in [-0.2, -0.15) is 0 Å². The number of nitrogens with one attached hydrogen (secondary N) is 1. The molecule has 0 aliphatic heterocycles. The minimum absolute atomic E-state index is 0.109. The minimum atomic E-state index is -0.109. The summed E-state index contributed by atoms with van der Waals surface area (Å²) in [6.07, 6.45) is 0.643. The van der Waals surface area contributed by atoms with Crippen molar-refractivity contribution in [2.45, 2.75) is 13.3 Å². The van der Waals surface area contributed by atoms with Crippen LogP contribution in [0.4, 0.5) is 0 Å². The zero-order chi connectivity index (χ0) is 17.1. The third-order valence-electron chi connectivity index (χ3n) is 3.78. The molecule has 0 aliphatic carbocycles. The highest BCUT2D eigenvalue weighted by Gasteiger charge is 2.11. The highest BCUT2D eigenvalue weighted by molar-refractivity contribution is 6.35. The zero-order valence-electron chi connectivity index (χ0n) is 13.1. The molecule has 122 valence electrons. The molecule has 0 radical (unpaired) electrons. The van der Waals surface area contributed by atoms with E-state index in [0.717, 1.165) is 22.2 Å². The SMILES string of the molecule is Cc1cc(C(=O)NCCc2ccc(Cl)cc2Cl)c2ccccc2n1. The van der Waals surface area contributed by atoms with Crippen LogP contribution >= 0.6 is 23.2 Å². The van der Waals surface area contributed by atoms with Gasteiger partial charge in [0.05, 0.1) is 11.1 Å². The molecule has 0 fully saturated rings. The number of hydrogen-bond donors (Lipinski definition) is 1. The first-order valence-corrected chi connectivity index (χ1v) is 8.39. The maximum atomic E-state index is 12.5. The number of carbonyl (C=O) groups excluding carboxylic acids is 1. The summed E-state index contributed by atoms with van der Waals surface area (Å²) in [4.78, 5) is 17.0. The summed E-state index contributed by atoms with van der Waals surface area (Å²) in [6.45, 7) is 2.38. The fraction of sp³-hybridized carbons (Fsp3) is 0.158. The summed E-state index contributed by atoms with van der Waals surface area (Å²) in [5, 5.41) is 5.02. The van der Waals surface area contributed by atoms with E-state index in [4.69, 9.17) is 23.2 Å². The molecule has 1 aromatic heterocycles. The van der Waals surface area contributed by atoms with E-state index >= 15 is 0 Å². The number of nitrogens with zero attached hydrogens (tertiary/aromatic N) is 1. The van der Waals surface area contributed by atoms with E-state index in [2.05, 4.69) is 10.3 Å².